The summed E-state index contributed by atoms with van der Waals surface area (Å²) in [6, 6.07) is 6.08. The van der Waals surface area contributed by atoms with E-state index in [4.69, 9.17) is 9.26 Å². The van der Waals surface area contributed by atoms with Crippen LogP contribution in [0.25, 0.3) is 11.3 Å². The molecule has 0 aromatic carbocycles. The Balaban J connectivity index is 1.54. The zero-order chi connectivity index (χ0) is 18.5. The molecule has 0 N–H and O–H groups in total. The van der Waals surface area contributed by atoms with Crippen LogP contribution >= 0.6 is 0 Å². The molecule has 3 heterocycles. The summed E-state index contributed by atoms with van der Waals surface area (Å²) < 4.78 is 11.1. The van der Waals surface area contributed by atoms with Gasteiger partial charge in [0.05, 0.1) is 25.7 Å². The van der Waals surface area contributed by atoms with Crippen LogP contribution in [-0.2, 0) is 16.1 Å². The summed E-state index contributed by atoms with van der Waals surface area (Å²) in [5.74, 6) is 0.688. The van der Waals surface area contributed by atoms with Gasteiger partial charge in [-0.3, -0.25) is 14.7 Å². The lowest BCUT2D eigenvalue weighted by molar-refractivity contribution is -0.136. The lowest BCUT2D eigenvalue weighted by Gasteiger charge is -2.35. The van der Waals surface area contributed by atoms with Crippen molar-refractivity contribution in [1.29, 1.82) is 0 Å². The van der Waals surface area contributed by atoms with E-state index >= 15 is 0 Å². The minimum absolute atomic E-state index is 0.0416. The smallest absolute Gasteiger partial charge is 0.225 e. The van der Waals surface area contributed by atoms with Crippen LogP contribution in [0.15, 0.2) is 35.1 Å². The molecule has 0 spiro atoms. The number of nitrogens with zero attached hydrogens (tertiary/aromatic N) is 4. The third kappa shape index (κ3) is 4.68. The second kappa shape index (κ2) is 8.42. The molecule has 2 aromatic heterocycles. The van der Waals surface area contributed by atoms with E-state index in [1.807, 2.05) is 18.2 Å². The first kappa shape index (κ1) is 18.5. The molecule has 1 fully saturated rings. The summed E-state index contributed by atoms with van der Waals surface area (Å²) in [6.07, 6.45) is 3.77. The molecule has 1 atom stereocenters. The van der Waals surface area contributed by atoms with Crippen molar-refractivity contribution in [2.24, 2.45) is 0 Å². The van der Waals surface area contributed by atoms with Gasteiger partial charge in [0.2, 0.25) is 5.91 Å². The molecule has 26 heavy (non-hydrogen) atoms. The maximum atomic E-state index is 12.5. The van der Waals surface area contributed by atoms with Crippen molar-refractivity contribution < 1.29 is 14.1 Å². The second-order valence-electron chi connectivity index (χ2n) is 6.96. The van der Waals surface area contributed by atoms with Crippen LogP contribution in [0.5, 0.6) is 0 Å². The van der Waals surface area contributed by atoms with E-state index in [0.29, 0.717) is 31.4 Å². The summed E-state index contributed by atoms with van der Waals surface area (Å²) in [5, 5.41) is 4.06. The molecule has 0 bridgehead atoms. The van der Waals surface area contributed by atoms with Gasteiger partial charge in [-0.2, -0.15) is 0 Å². The van der Waals surface area contributed by atoms with Gasteiger partial charge in [0.15, 0.2) is 5.76 Å². The molecule has 1 aliphatic rings. The SMILES string of the molecule is CC(C)N1CCO[C@H](CC(=O)N(C)Cc2cc(-c3cccnc3)no2)C1. The Labute approximate surface area is 153 Å². The summed E-state index contributed by atoms with van der Waals surface area (Å²) in [5.41, 5.74) is 1.61. The number of morpholine rings is 1. The fraction of sp³-hybridized carbons (Fsp3) is 0.526. The minimum atomic E-state index is -0.0539. The molecule has 0 unspecified atom stereocenters. The van der Waals surface area contributed by atoms with Crippen LogP contribution in [-0.4, -0.2) is 64.7 Å². The van der Waals surface area contributed by atoms with Gasteiger partial charge < -0.3 is 14.2 Å². The molecule has 0 aliphatic carbocycles. The highest BCUT2D eigenvalue weighted by atomic mass is 16.5. The van der Waals surface area contributed by atoms with E-state index in [1.54, 1.807) is 24.3 Å². The summed E-state index contributed by atoms with van der Waals surface area (Å²) >= 11 is 0. The highest BCUT2D eigenvalue weighted by molar-refractivity contribution is 5.76. The first-order valence-corrected chi connectivity index (χ1v) is 8.98. The Bertz CT molecular complexity index is 717. The number of rotatable bonds is 6. The average molecular weight is 358 g/mol. The molecule has 7 heteroatoms. The number of pyridine rings is 1. The topological polar surface area (TPSA) is 71.7 Å². The Hall–Kier alpha value is -2.25. The molecule has 1 aliphatic heterocycles. The third-order valence-corrected chi connectivity index (χ3v) is 4.64. The van der Waals surface area contributed by atoms with E-state index in [2.05, 4.69) is 28.9 Å². The summed E-state index contributed by atoms with van der Waals surface area (Å²) in [7, 11) is 1.78. The fourth-order valence-electron chi connectivity index (χ4n) is 3.05. The zero-order valence-electron chi connectivity index (χ0n) is 15.6. The molecule has 1 saturated heterocycles. The first-order chi connectivity index (χ1) is 12.5. The number of hydrogen-bond donors (Lipinski definition) is 0. The van der Waals surface area contributed by atoms with Crippen LogP contribution in [0.1, 0.15) is 26.0 Å². The van der Waals surface area contributed by atoms with E-state index in [-0.39, 0.29) is 12.0 Å². The van der Waals surface area contributed by atoms with Gasteiger partial charge in [-0.1, -0.05) is 5.16 Å². The monoisotopic (exact) mass is 358 g/mol. The van der Waals surface area contributed by atoms with Gasteiger partial charge in [-0.25, -0.2) is 0 Å². The summed E-state index contributed by atoms with van der Waals surface area (Å²) in [6.45, 7) is 7.11. The quantitative estimate of drug-likeness (QED) is 0.788. The molecule has 7 nitrogen and oxygen atoms in total. The fourth-order valence-corrected chi connectivity index (χ4v) is 3.05. The van der Waals surface area contributed by atoms with Crippen molar-refractivity contribution in [2.45, 2.75) is 39.0 Å². The van der Waals surface area contributed by atoms with E-state index in [0.717, 1.165) is 24.3 Å². The minimum Gasteiger partial charge on any atom is -0.375 e. The highest BCUT2D eigenvalue weighted by Gasteiger charge is 2.25. The largest absolute Gasteiger partial charge is 0.375 e. The van der Waals surface area contributed by atoms with Gasteiger partial charge in [-0.15, -0.1) is 0 Å². The predicted octanol–water partition coefficient (Wildman–Crippen LogP) is 2.19. The number of carbonyl (C=O) groups excluding carboxylic acids is 1. The second-order valence-corrected chi connectivity index (χ2v) is 6.96. The van der Waals surface area contributed by atoms with Crippen LogP contribution < -0.4 is 0 Å². The van der Waals surface area contributed by atoms with Crippen molar-refractivity contribution in [1.82, 2.24) is 19.9 Å². The lowest BCUT2D eigenvalue weighted by atomic mass is 10.1. The Morgan fingerprint density at radius 1 is 1.46 bits per heavy atom. The van der Waals surface area contributed by atoms with Crippen molar-refractivity contribution in [3.63, 3.8) is 0 Å². The predicted molar refractivity (Wildman–Crippen MR) is 97.3 cm³/mol. The number of ether oxygens (including phenoxy) is 1. The Morgan fingerprint density at radius 2 is 2.31 bits per heavy atom. The van der Waals surface area contributed by atoms with E-state index < -0.39 is 0 Å². The van der Waals surface area contributed by atoms with Crippen molar-refractivity contribution in [3.8, 4) is 11.3 Å². The number of amides is 1. The van der Waals surface area contributed by atoms with Crippen LogP contribution in [0.4, 0.5) is 0 Å². The molecule has 0 saturated carbocycles. The van der Waals surface area contributed by atoms with Crippen LogP contribution in [0, 0.1) is 0 Å². The molecule has 140 valence electrons. The van der Waals surface area contributed by atoms with Crippen molar-refractivity contribution in [3.05, 3.63) is 36.4 Å². The van der Waals surface area contributed by atoms with Crippen LogP contribution in [0.3, 0.4) is 0 Å². The molecule has 3 rings (SSSR count). The number of aromatic nitrogens is 2. The zero-order valence-corrected chi connectivity index (χ0v) is 15.6. The van der Waals surface area contributed by atoms with Gasteiger partial charge in [0, 0.05) is 50.2 Å². The lowest BCUT2D eigenvalue weighted by Crippen LogP contribution is -2.47. The standard InChI is InChI=1S/C19H26N4O3/c1-14(2)23-7-8-25-16(13-23)10-19(24)22(3)12-17-9-18(21-26-17)15-5-4-6-20-11-15/h4-6,9,11,14,16H,7-8,10,12-13H2,1-3H3/t16-/m1/s1. The third-order valence-electron chi connectivity index (χ3n) is 4.64. The van der Waals surface area contributed by atoms with E-state index in [1.165, 1.54) is 0 Å². The Kier molecular flexibility index (Phi) is 6.00. The Morgan fingerprint density at radius 3 is 3.04 bits per heavy atom. The van der Waals surface area contributed by atoms with Gasteiger partial charge >= 0.3 is 0 Å². The average Bonchev–Trinajstić information content (AvgIpc) is 3.11. The highest BCUT2D eigenvalue weighted by Crippen LogP contribution is 2.19. The van der Waals surface area contributed by atoms with Crippen LogP contribution in [0.2, 0.25) is 0 Å². The first-order valence-electron chi connectivity index (χ1n) is 8.98. The van der Waals surface area contributed by atoms with Gasteiger partial charge in [-0.05, 0) is 26.0 Å². The van der Waals surface area contributed by atoms with Gasteiger partial charge in [0.1, 0.15) is 5.69 Å². The molecule has 2 aromatic rings. The maximum Gasteiger partial charge on any atom is 0.225 e. The molecular formula is C19H26N4O3. The molecule has 0 radical (unpaired) electrons. The normalized spacial score (nSPS) is 18.2. The number of carbonyl (C=O) groups is 1. The van der Waals surface area contributed by atoms with Gasteiger partial charge in [0.25, 0.3) is 0 Å². The molecule has 1 amide bonds. The molecular weight excluding hydrogens is 332 g/mol. The summed E-state index contributed by atoms with van der Waals surface area (Å²) in [4.78, 5) is 20.6. The van der Waals surface area contributed by atoms with E-state index in [9.17, 15) is 4.79 Å². The van der Waals surface area contributed by atoms with Crippen molar-refractivity contribution in [2.75, 3.05) is 26.7 Å². The number of hydrogen-bond acceptors (Lipinski definition) is 6. The maximum absolute atomic E-state index is 12.5. The van der Waals surface area contributed by atoms with Crippen molar-refractivity contribution >= 4 is 5.91 Å².